The van der Waals surface area contributed by atoms with Crippen LogP contribution < -0.4 is 0 Å². The molecule has 1 heterocycles. The maximum absolute atomic E-state index is 12.9. The molecule has 1 atom stereocenters. The summed E-state index contributed by atoms with van der Waals surface area (Å²) in [5.41, 5.74) is 0. The Morgan fingerprint density at radius 3 is 2.71 bits per heavy atom. The minimum Gasteiger partial charge on any atom is -0.396 e. The Kier molecular flexibility index (Phi) is 3.97. The Bertz CT molecular complexity index is 737. The first-order chi connectivity index (χ1) is 10.1. The van der Waals surface area contributed by atoms with E-state index in [4.69, 9.17) is 0 Å². The van der Waals surface area contributed by atoms with Crippen molar-refractivity contribution in [3.05, 3.63) is 42.5 Å². The number of hydrogen-bond donors (Lipinski definition) is 1. The van der Waals surface area contributed by atoms with E-state index < -0.39 is 10.0 Å². The van der Waals surface area contributed by atoms with Gasteiger partial charge in [0.25, 0.3) is 0 Å². The minimum absolute atomic E-state index is 0.0432. The first-order valence-electron chi connectivity index (χ1n) is 7.21. The molecule has 3 rings (SSSR count). The molecule has 1 saturated heterocycles. The SMILES string of the molecule is O=S(=O)(c1cccc2ccccc12)N1CCCC(CO)C1. The first-order valence-corrected chi connectivity index (χ1v) is 8.65. The van der Waals surface area contributed by atoms with E-state index in [1.54, 1.807) is 12.1 Å². The van der Waals surface area contributed by atoms with E-state index in [1.807, 2.05) is 30.3 Å². The molecule has 0 amide bonds. The molecule has 5 heteroatoms. The molecule has 2 aromatic rings. The third-order valence-electron chi connectivity index (χ3n) is 4.11. The molecule has 0 spiro atoms. The lowest BCUT2D eigenvalue weighted by molar-refractivity contribution is 0.165. The second kappa shape index (κ2) is 5.75. The molecule has 0 radical (unpaired) electrons. The number of benzene rings is 2. The summed E-state index contributed by atoms with van der Waals surface area (Å²) in [7, 11) is -3.51. The number of aliphatic hydroxyl groups is 1. The van der Waals surface area contributed by atoms with Crippen LogP contribution in [0.4, 0.5) is 0 Å². The largest absolute Gasteiger partial charge is 0.396 e. The van der Waals surface area contributed by atoms with Crippen LogP contribution in [0.1, 0.15) is 12.8 Å². The summed E-state index contributed by atoms with van der Waals surface area (Å²) in [5, 5.41) is 11.0. The molecule has 0 aromatic heterocycles. The van der Waals surface area contributed by atoms with Gasteiger partial charge in [-0.2, -0.15) is 4.31 Å². The molecule has 0 aliphatic carbocycles. The number of sulfonamides is 1. The van der Waals surface area contributed by atoms with Gasteiger partial charge in [0.15, 0.2) is 0 Å². The summed E-state index contributed by atoms with van der Waals surface area (Å²) in [5.74, 6) is 0.0449. The number of rotatable bonds is 3. The van der Waals surface area contributed by atoms with Gasteiger partial charge in [0, 0.05) is 25.1 Å². The fourth-order valence-electron chi connectivity index (χ4n) is 2.95. The predicted molar refractivity (Wildman–Crippen MR) is 82.5 cm³/mol. The number of aliphatic hydroxyl groups excluding tert-OH is 1. The number of hydrogen-bond acceptors (Lipinski definition) is 3. The topological polar surface area (TPSA) is 57.6 Å². The van der Waals surface area contributed by atoms with Crippen LogP contribution in [-0.4, -0.2) is 37.5 Å². The van der Waals surface area contributed by atoms with Gasteiger partial charge in [0.2, 0.25) is 10.0 Å². The molecule has 112 valence electrons. The van der Waals surface area contributed by atoms with E-state index in [-0.39, 0.29) is 12.5 Å². The molecular formula is C16H19NO3S. The van der Waals surface area contributed by atoms with Crippen LogP contribution in [-0.2, 0) is 10.0 Å². The van der Waals surface area contributed by atoms with Gasteiger partial charge in [-0.25, -0.2) is 8.42 Å². The molecule has 1 unspecified atom stereocenters. The highest BCUT2D eigenvalue weighted by atomic mass is 32.2. The molecule has 21 heavy (non-hydrogen) atoms. The molecule has 1 aliphatic heterocycles. The fourth-order valence-corrected chi connectivity index (χ4v) is 4.72. The Hall–Kier alpha value is -1.43. The van der Waals surface area contributed by atoms with Crippen molar-refractivity contribution in [2.45, 2.75) is 17.7 Å². The van der Waals surface area contributed by atoms with Crippen molar-refractivity contribution in [3.63, 3.8) is 0 Å². The summed E-state index contributed by atoms with van der Waals surface area (Å²) in [6, 6.07) is 12.9. The highest BCUT2D eigenvalue weighted by Gasteiger charge is 2.30. The van der Waals surface area contributed by atoms with Crippen LogP contribution in [0.15, 0.2) is 47.4 Å². The summed E-state index contributed by atoms with van der Waals surface area (Å²) >= 11 is 0. The summed E-state index contributed by atoms with van der Waals surface area (Å²) in [6.07, 6.45) is 1.69. The summed E-state index contributed by atoms with van der Waals surface area (Å²) in [4.78, 5) is 0.360. The first kappa shape index (κ1) is 14.5. The van der Waals surface area contributed by atoms with Crippen LogP contribution in [0, 0.1) is 5.92 Å². The molecule has 1 aliphatic rings. The average Bonchev–Trinajstić information content (AvgIpc) is 2.54. The smallest absolute Gasteiger partial charge is 0.243 e. The van der Waals surface area contributed by atoms with Crippen LogP contribution in [0.25, 0.3) is 10.8 Å². The van der Waals surface area contributed by atoms with Crippen molar-refractivity contribution in [3.8, 4) is 0 Å². The highest BCUT2D eigenvalue weighted by Crippen LogP contribution is 2.28. The van der Waals surface area contributed by atoms with Crippen molar-refractivity contribution in [2.24, 2.45) is 5.92 Å². The van der Waals surface area contributed by atoms with Crippen LogP contribution >= 0.6 is 0 Å². The molecule has 0 saturated carbocycles. The second-order valence-corrected chi connectivity index (χ2v) is 7.44. The Morgan fingerprint density at radius 2 is 1.90 bits per heavy atom. The van der Waals surface area contributed by atoms with E-state index in [2.05, 4.69) is 0 Å². The normalized spacial score (nSPS) is 20.7. The van der Waals surface area contributed by atoms with Crippen LogP contribution in [0.3, 0.4) is 0 Å². The third kappa shape index (κ3) is 2.69. The highest BCUT2D eigenvalue weighted by molar-refractivity contribution is 7.89. The van der Waals surface area contributed by atoms with Gasteiger partial charge in [-0.15, -0.1) is 0 Å². The van der Waals surface area contributed by atoms with Gasteiger partial charge >= 0.3 is 0 Å². The van der Waals surface area contributed by atoms with Gasteiger partial charge in [0.1, 0.15) is 0 Å². The minimum atomic E-state index is -3.51. The van der Waals surface area contributed by atoms with E-state index in [0.29, 0.717) is 18.0 Å². The summed E-state index contributed by atoms with van der Waals surface area (Å²) < 4.78 is 27.3. The Labute approximate surface area is 125 Å². The third-order valence-corrected chi connectivity index (χ3v) is 6.03. The number of nitrogens with zero attached hydrogens (tertiary/aromatic N) is 1. The Balaban J connectivity index is 2.04. The quantitative estimate of drug-likeness (QED) is 0.946. The zero-order valence-corrected chi connectivity index (χ0v) is 12.6. The monoisotopic (exact) mass is 305 g/mol. The van der Waals surface area contributed by atoms with Crippen molar-refractivity contribution in [1.29, 1.82) is 0 Å². The van der Waals surface area contributed by atoms with E-state index in [1.165, 1.54) is 4.31 Å². The lowest BCUT2D eigenvalue weighted by atomic mass is 10.0. The molecular weight excluding hydrogens is 286 g/mol. The van der Waals surface area contributed by atoms with E-state index in [0.717, 1.165) is 23.6 Å². The molecule has 1 fully saturated rings. The van der Waals surface area contributed by atoms with Crippen LogP contribution in [0.5, 0.6) is 0 Å². The number of piperidine rings is 1. The van der Waals surface area contributed by atoms with Crippen molar-refractivity contribution in [2.75, 3.05) is 19.7 Å². The van der Waals surface area contributed by atoms with Crippen molar-refractivity contribution < 1.29 is 13.5 Å². The Morgan fingerprint density at radius 1 is 1.14 bits per heavy atom. The van der Waals surface area contributed by atoms with Crippen molar-refractivity contribution in [1.82, 2.24) is 4.31 Å². The average molecular weight is 305 g/mol. The molecule has 1 N–H and O–H groups in total. The van der Waals surface area contributed by atoms with Gasteiger partial charge in [-0.3, -0.25) is 0 Å². The molecule has 2 aromatic carbocycles. The standard InChI is InChI=1S/C16H19NO3S/c18-12-13-5-4-10-17(11-13)21(19,20)16-9-3-7-14-6-1-2-8-15(14)16/h1-3,6-9,13,18H,4-5,10-12H2. The van der Waals surface area contributed by atoms with Gasteiger partial charge < -0.3 is 5.11 Å². The lowest BCUT2D eigenvalue weighted by Gasteiger charge is -2.31. The summed E-state index contributed by atoms with van der Waals surface area (Å²) in [6.45, 7) is 0.978. The van der Waals surface area contributed by atoms with Crippen LogP contribution in [0.2, 0.25) is 0 Å². The fraction of sp³-hybridized carbons (Fsp3) is 0.375. The van der Waals surface area contributed by atoms with E-state index in [9.17, 15) is 13.5 Å². The predicted octanol–water partition coefficient (Wildman–Crippen LogP) is 2.23. The lowest BCUT2D eigenvalue weighted by Crippen LogP contribution is -2.40. The van der Waals surface area contributed by atoms with Crippen molar-refractivity contribution >= 4 is 20.8 Å². The molecule has 4 nitrogen and oxygen atoms in total. The maximum atomic E-state index is 12.9. The zero-order chi connectivity index (χ0) is 14.9. The molecule has 0 bridgehead atoms. The van der Waals surface area contributed by atoms with E-state index >= 15 is 0 Å². The second-order valence-electron chi connectivity index (χ2n) is 5.53. The van der Waals surface area contributed by atoms with Gasteiger partial charge in [-0.1, -0.05) is 36.4 Å². The maximum Gasteiger partial charge on any atom is 0.243 e. The van der Waals surface area contributed by atoms with Gasteiger partial charge in [-0.05, 0) is 30.2 Å². The zero-order valence-electron chi connectivity index (χ0n) is 11.8. The number of fused-ring (bicyclic) bond motifs is 1. The van der Waals surface area contributed by atoms with Gasteiger partial charge in [0.05, 0.1) is 4.90 Å².